The first-order chi connectivity index (χ1) is 7.95. The van der Waals surface area contributed by atoms with Crippen molar-refractivity contribution in [1.29, 1.82) is 0 Å². The van der Waals surface area contributed by atoms with Crippen LogP contribution in [0.25, 0.3) is 0 Å². The summed E-state index contributed by atoms with van der Waals surface area (Å²) in [6.45, 7) is 8.22. The maximum absolute atomic E-state index is 9.44. The Bertz CT molecular complexity index is 342. The van der Waals surface area contributed by atoms with Gasteiger partial charge in [0.15, 0.2) is 5.16 Å². The SMILES string of the molecule is Cc1cnc(SCC(C)(CO)NC(C)C)nc1. The van der Waals surface area contributed by atoms with Gasteiger partial charge in [0.25, 0.3) is 0 Å². The molecule has 0 fully saturated rings. The second kappa shape index (κ2) is 6.33. The molecule has 96 valence electrons. The van der Waals surface area contributed by atoms with E-state index in [4.69, 9.17) is 0 Å². The van der Waals surface area contributed by atoms with Crippen molar-refractivity contribution in [2.75, 3.05) is 12.4 Å². The monoisotopic (exact) mass is 255 g/mol. The minimum Gasteiger partial charge on any atom is -0.394 e. The van der Waals surface area contributed by atoms with Crippen molar-refractivity contribution < 1.29 is 5.11 Å². The predicted molar refractivity (Wildman–Crippen MR) is 71.3 cm³/mol. The summed E-state index contributed by atoms with van der Waals surface area (Å²) in [7, 11) is 0. The number of rotatable bonds is 6. The molecule has 0 aliphatic rings. The summed E-state index contributed by atoms with van der Waals surface area (Å²) in [5, 5.41) is 13.6. The van der Waals surface area contributed by atoms with Crippen molar-refractivity contribution in [3.8, 4) is 0 Å². The van der Waals surface area contributed by atoms with Crippen molar-refractivity contribution >= 4 is 11.8 Å². The molecular weight excluding hydrogens is 234 g/mol. The lowest BCUT2D eigenvalue weighted by Gasteiger charge is -2.30. The Hall–Kier alpha value is -0.650. The first-order valence-electron chi connectivity index (χ1n) is 5.75. The van der Waals surface area contributed by atoms with Crippen LogP contribution >= 0.6 is 11.8 Å². The average Bonchev–Trinajstić information content (AvgIpc) is 2.27. The van der Waals surface area contributed by atoms with Crippen LogP contribution in [-0.2, 0) is 0 Å². The zero-order chi connectivity index (χ0) is 12.9. The van der Waals surface area contributed by atoms with Crippen LogP contribution in [0.5, 0.6) is 0 Å². The average molecular weight is 255 g/mol. The molecule has 4 nitrogen and oxygen atoms in total. The summed E-state index contributed by atoms with van der Waals surface area (Å²) >= 11 is 1.56. The molecule has 1 aromatic heterocycles. The van der Waals surface area contributed by atoms with Crippen LogP contribution in [0, 0.1) is 6.92 Å². The van der Waals surface area contributed by atoms with E-state index < -0.39 is 0 Å². The molecule has 0 aliphatic carbocycles. The molecule has 0 radical (unpaired) electrons. The number of aryl methyl sites for hydroxylation is 1. The van der Waals surface area contributed by atoms with E-state index in [1.54, 1.807) is 11.8 Å². The summed E-state index contributed by atoms with van der Waals surface area (Å²) in [5.41, 5.74) is 0.757. The Morgan fingerprint density at radius 1 is 1.41 bits per heavy atom. The number of aliphatic hydroxyl groups is 1. The third-order valence-electron chi connectivity index (χ3n) is 2.26. The Balaban J connectivity index is 2.55. The molecule has 2 N–H and O–H groups in total. The van der Waals surface area contributed by atoms with Gasteiger partial charge in [-0.15, -0.1) is 0 Å². The largest absolute Gasteiger partial charge is 0.394 e. The third kappa shape index (κ3) is 5.02. The van der Waals surface area contributed by atoms with Gasteiger partial charge in [0.1, 0.15) is 0 Å². The number of nitrogens with zero attached hydrogens (tertiary/aromatic N) is 2. The smallest absolute Gasteiger partial charge is 0.187 e. The summed E-state index contributed by atoms with van der Waals surface area (Å²) in [5.74, 6) is 0.741. The quantitative estimate of drug-likeness (QED) is 0.597. The number of hydrogen-bond acceptors (Lipinski definition) is 5. The van der Waals surface area contributed by atoms with Gasteiger partial charge in [-0.2, -0.15) is 0 Å². The van der Waals surface area contributed by atoms with Crippen molar-refractivity contribution in [1.82, 2.24) is 15.3 Å². The Morgan fingerprint density at radius 2 is 2.00 bits per heavy atom. The van der Waals surface area contributed by atoms with E-state index in [-0.39, 0.29) is 12.1 Å². The van der Waals surface area contributed by atoms with Crippen LogP contribution < -0.4 is 5.32 Å². The fourth-order valence-electron chi connectivity index (χ4n) is 1.51. The van der Waals surface area contributed by atoms with Gasteiger partial charge in [0.2, 0.25) is 0 Å². The van der Waals surface area contributed by atoms with E-state index >= 15 is 0 Å². The van der Waals surface area contributed by atoms with Gasteiger partial charge in [-0.05, 0) is 19.4 Å². The number of nitrogens with one attached hydrogen (secondary N) is 1. The standard InChI is InChI=1S/C12H21N3OS/c1-9(2)15-12(4,7-16)8-17-11-13-5-10(3)6-14-11/h5-6,9,15-16H,7-8H2,1-4H3. The molecule has 17 heavy (non-hydrogen) atoms. The molecule has 0 saturated carbocycles. The summed E-state index contributed by atoms with van der Waals surface area (Å²) < 4.78 is 0. The van der Waals surface area contributed by atoms with Crippen LogP contribution in [0.3, 0.4) is 0 Å². The Morgan fingerprint density at radius 3 is 2.47 bits per heavy atom. The number of aliphatic hydroxyl groups excluding tert-OH is 1. The van der Waals surface area contributed by atoms with Crippen LogP contribution in [0.15, 0.2) is 17.6 Å². The minimum absolute atomic E-state index is 0.101. The van der Waals surface area contributed by atoms with Crippen molar-refractivity contribution in [3.05, 3.63) is 18.0 Å². The van der Waals surface area contributed by atoms with Gasteiger partial charge < -0.3 is 10.4 Å². The van der Waals surface area contributed by atoms with E-state index in [1.807, 2.05) is 26.2 Å². The molecule has 1 rings (SSSR count). The topological polar surface area (TPSA) is 58.0 Å². The first-order valence-corrected chi connectivity index (χ1v) is 6.74. The molecule has 1 atom stereocenters. The van der Waals surface area contributed by atoms with Crippen molar-refractivity contribution in [2.45, 2.75) is 44.4 Å². The Kier molecular flexibility index (Phi) is 5.36. The van der Waals surface area contributed by atoms with Crippen LogP contribution in [-0.4, -0.2) is 39.0 Å². The highest BCUT2D eigenvalue weighted by Gasteiger charge is 2.24. The first kappa shape index (κ1) is 14.4. The minimum atomic E-state index is -0.299. The van der Waals surface area contributed by atoms with E-state index in [0.717, 1.165) is 16.5 Å². The fourth-order valence-corrected chi connectivity index (χ4v) is 2.39. The molecule has 0 spiro atoms. The predicted octanol–water partition coefficient (Wildman–Crippen LogP) is 1.63. The highest BCUT2D eigenvalue weighted by Crippen LogP contribution is 2.19. The second-order valence-corrected chi connectivity index (χ2v) is 5.79. The van der Waals surface area contributed by atoms with Gasteiger partial charge in [-0.25, -0.2) is 9.97 Å². The summed E-state index contributed by atoms with van der Waals surface area (Å²) in [4.78, 5) is 8.47. The van der Waals surface area contributed by atoms with Crippen LogP contribution in [0.1, 0.15) is 26.3 Å². The molecule has 0 bridgehead atoms. The van der Waals surface area contributed by atoms with E-state index in [1.165, 1.54) is 0 Å². The van der Waals surface area contributed by atoms with Crippen LogP contribution in [0.4, 0.5) is 0 Å². The number of hydrogen-bond donors (Lipinski definition) is 2. The molecule has 0 aromatic carbocycles. The van der Waals surface area contributed by atoms with Crippen LogP contribution in [0.2, 0.25) is 0 Å². The lowest BCUT2D eigenvalue weighted by molar-refractivity contribution is 0.183. The highest BCUT2D eigenvalue weighted by molar-refractivity contribution is 7.99. The molecule has 0 amide bonds. The Labute approximate surface area is 107 Å². The fraction of sp³-hybridized carbons (Fsp3) is 0.667. The van der Waals surface area contributed by atoms with Gasteiger partial charge in [0, 0.05) is 29.7 Å². The molecule has 0 aliphatic heterocycles. The van der Waals surface area contributed by atoms with Crippen molar-refractivity contribution in [3.63, 3.8) is 0 Å². The molecule has 5 heteroatoms. The molecular formula is C12H21N3OS. The molecule has 1 heterocycles. The maximum atomic E-state index is 9.44. The molecule has 1 aromatic rings. The third-order valence-corrected chi connectivity index (χ3v) is 3.51. The maximum Gasteiger partial charge on any atom is 0.187 e. The second-order valence-electron chi connectivity index (χ2n) is 4.85. The number of thioether (sulfide) groups is 1. The molecule has 1 unspecified atom stereocenters. The van der Waals surface area contributed by atoms with E-state index in [0.29, 0.717) is 6.04 Å². The number of aromatic nitrogens is 2. The summed E-state index contributed by atoms with van der Waals surface area (Å²) in [6.07, 6.45) is 3.61. The highest BCUT2D eigenvalue weighted by atomic mass is 32.2. The normalized spacial score (nSPS) is 14.9. The van der Waals surface area contributed by atoms with E-state index in [2.05, 4.69) is 29.1 Å². The van der Waals surface area contributed by atoms with Gasteiger partial charge in [-0.3, -0.25) is 0 Å². The molecule has 0 saturated heterocycles. The van der Waals surface area contributed by atoms with E-state index in [9.17, 15) is 5.11 Å². The zero-order valence-corrected chi connectivity index (χ0v) is 11.7. The van der Waals surface area contributed by atoms with Gasteiger partial charge in [0.05, 0.1) is 6.61 Å². The van der Waals surface area contributed by atoms with Crippen molar-refractivity contribution in [2.24, 2.45) is 0 Å². The summed E-state index contributed by atoms with van der Waals surface area (Å²) in [6, 6.07) is 0.340. The van der Waals surface area contributed by atoms with Gasteiger partial charge >= 0.3 is 0 Å². The lowest BCUT2D eigenvalue weighted by atomic mass is 10.1. The van der Waals surface area contributed by atoms with Gasteiger partial charge in [-0.1, -0.05) is 25.6 Å². The zero-order valence-electron chi connectivity index (χ0n) is 10.9. The lowest BCUT2D eigenvalue weighted by Crippen LogP contribution is -2.51.